The zero-order chi connectivity index (χ0) is 17.4. The quantitative estimate of drug-likeness (QED) is 0.787. The van der Waals surface area contributed by atoms with Crippen LogP contribution < -0.4 is 5.56 Å². The lowest BCUT2D eigenvalue weighted by atomic mass is 10.1. The number of hydrogen-bond donors (Lipinski definition) is 1. The van der Waals surface area contributed by atoms with Crippen molar-refractivity contribution in [3.63, 3.8) is 0 Å². The van der Waals surface area contributed by atoms with Crippen LogP contribution in [0.15, 0.2) is 35.1 Å². The molecule has 1 aliphatic rings. The van der Waals surface area contributed by atoms with Crippen LogP contribution >= 0.6 is 11.3 Å². The van der Waals surface area contributed by atoms with Crippen molar-refractivity contribution in [2.24, 2.45) is 0 Å². The summed E-state index contributed by atoms with van der Waals surface area (Å²) in [7, 11) is 0. The van der Waals surface area contributed by atoms with Crippen LogP contribution in [0.25, 0.3) is 11.4 Å². The van der Waals surface area contributed by atoms with Gasteiger partial charge in [0.1, 0.15) is 5.82 Å². The molecular formula is C19H20N4OS. The van der Waals surface area contributed by atoms with E-state index in [0.29, 0.717) is 12.4 Å². The van der Waals surface area contributed by atoms with Crippen LogP contribution in [0.5, 0.6) is 0 Å². The molecule has 0 saturated carbocycles. The maximum Gasteiger partial charge on any atom is 0.255 e. The third-order valence-electron chi connectivity index (χ3n) is 4.56. The number of nitrogens with zero attached hydrogens (tertiary/aromatic N) is 3. The molecule has 0 aliphatic carbocycles. The Morgan fingerprint density at radius 2 is 2.00 bits per heavy atom. The average Bonchev–Trinajstić information content (AvgIpc) is 2.93. The summed E-state index contributed by atoms with van der Waals surface area (Å²) in [6.45, 7) is 6.48. The lowest BCUT2D eigenvalue weighted by Gasteiger charge is -2.27. The molecule has 0 radical (unpaired) electrons. The van der Waals surface area contributed by atoms with Crippen molar-refractivity contribution in [1.29, 1.82) is 0 Å². The summed E-state index contributed by atoms with van der Waals surface area (Å²) in [5.41, 5.74) is 3.74. The van der Waals surface area contributed by atoms with Gasteiger partial charge in [-0.25, -0.2) is 9.97 Å². The highest BCUT2D eigenvalue weighted by molar-refractivity contribution is 7.11. The Morgan fingerprint density at radius 1 is 1.20 bits per heavy atom. The summed E-state index contributed by atoms with van der Waals surface area (Å²) in [6, 6.07) is 9.80. The second kappa shape index (κ2) is 6.54. The van der Waals surface area contributed by atoms with Crippen molar-refractivity contribution < 1.29 is 0 Å². The number of aromatic amines is 1. The van der Waals surface area contributed by atoms with Gasteiger partial charge < -0.3 is 4.98 Å². The zero-order valence-corrected chi connectivity index (χ0v) is 15.2. The number of hydrogen-bond acceptors (Lipinski definition) is 5. The lowest BCUT2D eigenvalue weighted by molar-refractivity contribution is 0.243. The van der Waals surface area contributed by atoms with E-state index in [1.165, 1.54) is 4.88 Å². The number of aromatic nitrogens is 3. The molecule has 6 heteroatoms. The van der Waals surface area contributed by atoms with E-state index in [9.17, 15) is 4.79 Å². The van der Waals surface area contributed by atoms with Crippen LogP contribution in [0.2, 0.25) is 0 Å². The molecule has 128 valence electrons. The van der Waals surface area contributed by atoms with Crippen molar-refractivity contribution >= 4 is 11.3 Å². The molecule has 0 fully saturated rings. The molecule has 0 atom stereocenters. The van der Waals surface area contributed by atoms with Gasteiger partial charge in [0.05, 0.1) is 22.0 Å². The second-order valence-electron chi connectivity index (χ2n) is 6.41. The first-order valence-corrected chi connectivity index (χ1v) is 9.24. The minimum atomic E-state index is -0.0224. The van der Waals surface area contributed by atoms with Crippen LogP contribution in [-0.2, 0) is 19.5 Å². The SMILES string of the molecule is Cc1nc(C)c(CN2CCc3nc(-c4ccccc4)[nH]c(=O)c3C2)s1. The van der Waals surface area contributed by atoms with E-state index in [0.717, 1.165) is 47.0 Å². The summed E-state index contributed by atoms with van der Waals surface area (Å²) in [6.07, 6.45) is 0.802. The van der Waals surface area contributed by atoms with Crippen LogP contribution in [0, 0.1) is 13.8 Å². The standard InChI is InChI=1S/C19H20N4OS/c1-12-17(25-13(2)20-12)11-23-9-8-16-15(10-23)19(24)22-18(21-16)14-6-4-3-5-7-14/h3-7H,8-11H2,1-2H3,(H,21,22,24). The number of H-pyrrole nitrogens is 1. The molecule has 1 aliphatic heterocycles. The minimum absolute atomic E-state index is 0.0224. The normalized spacial score (nSPS) is 14.5. The summed E-state index contributed by atoms with van der Waals surface area (Å²) in [5, 5.41) is 1.09. The van der Waals surface area contributed by atoms with E-state index < -0.39 is 0 Å². The summed E-state index contributed by atoms with van der Waals surface area (Å²) in [4.78, 5) is 28.3. The number of nitrogens with one attached hydrogen (secondary N) is 1. The van der Waals surface area contributed by atoms with Crippen molar-refractivity contribution in [3.8, 4) is 11.4 Å². The zero-order valence-electron chi connectivity index (χ0n) is 14.4. The van der Waals surface area contributed by atoms with Crippen LogP contribution in [0.4, 0.5) is 0 Å². The third kappa shape index (κ3) is 3.27. The van der Waals surface area contributed by atoms with Gasteiger partial charge in [-0.15, -0.1) is 11.3 Å². The Labute approximate surface area is 150 Å². The molecule has 3 aromatic rings. The number of fused-ring (bicyclic) bond motifs is 1. The molecule has 5 nitrogen and oxygen atoms in total. The van der Waals surface area contributed by atoms with E-state index in [2.05, 4.69) is 21.8 Å². The highest BCUT2D eigenvalue weighted by Gasteiger charge is 2.22. The molecular weight excluding hydrogens is 332 g/mol. The predicted octanol–water partition coefficient (Wildman–Crippen LogP) is 3.07. The van der Waals surface area contributed by atoms with Gasteiger partial charge in [0.2, 0.25) is 0 Å². The Kier molecular flexibility index (Phi) is 4.23. The van der Waals surface area contributed by atoms with Crippen molar-refractivity contribution in [2.45, 2.75) is 33.4 Å². The van der Waals surface area contributed by atoms with Gasteiger partial charge in [0.25, 0.3) is 5.56 Å². The molecule has 4 rings (SSSR count). The van der Waals surface area contributed by atoms with Crippen molar-refractivity contribution in [2.75, 3.05) is 6.54 Å². The minimum Gasteiger partial charge on any atom is -0.306 e. The van der Waals surface area contributed by atoms with E-state index in [-0.39, 0.29) is 5.56 Å². The number of aryl methyl sites for hydroxylation is 2. The molecule has 1 N–H and O–H groups in total. The van der Waals surface area contributed by atoms with Gasteiger partial charge in [-0.2, -0.15) is 0 Å². The van der Waals surface area contributed by atoms with Gasteiger partial charge in [0.15, 0.2) is 0 Å². The molecule has 1 aromatic carbocycles. The summed E-state index contributed by atoms with van der Waals surface area (Å²) >= 11 is 1.74. The first-order valence-electron chi connectivity index (χ1n) is 8.43. The van der Waals surface area contributed by atoms with Crippen molar-refractivity contribution in [1.82, 2.24) is 19.9 Å². The predicted molar refractivity (Wildman–Crippen MR) is 99.7 cm³/mol. The van der Waals surface area contributed by atoms with Gasteiger partial charge in [0, 0.05) is 36.5 Å². The molecule has 3 heterocycles. The van der Waals surface area contributed by atoms with Crippen LogP contribution in [0.1, 0.15) is 26.8 Å². The maximum absolute atomic E-state index is 12.6. The lowest BCUT2D eigenvalue weighted by Crippen LogP contribution is -2.35. The molecule has 0 saturated heterocycles. The molecule has 2 aromatic heterocycles. The Balaban J connectivity index is 1.59. The Morgan fingerprint density at radius 3 is 2.72 bits per heavy atom. The average molecular weight is 352 g/mol. The van der Waals surface area contributed by atoms with Gasteiger partial charge in [-0.05, 0) is 13.8 Å². The molecule has 0 spiro atoms. The molecule has 0 amide bonds. The smallest absolute Gasteiger partial charge is 0.255 e. The second-order valence-corrected chi connectivity index (χ2v) is 7.70. The van der Waals surface area contributed by atoms with Gasteiger partial charge in [-0.3, -0.25) is 9.69 Å². The molecule has 0 unspecified atom stereocenters. The van der Waals surface area contributed by atoms with Crippen LogP contribution in [0.3, 0.4) is 0 Å². The maximum atomic E-state index is 12.6. The largest absolute Gasteiger partial charge is 0.306 e. The Hall–Kier alpha value is -2.31. The Bertz CT molecular complexity index is 961. The van der Waals surface area contributed by atoms with E-state index in [4.69, 9.17) is 4.98 Å². The number of thiazole rings is 1. The summed E-state index contributed by atoms with van der Waals surface area (Å²) < 4.78 is 0. The molecule has 25 heavy (non-hydrogen) atoms. The fourth-order valence-corrected chi connectivity index (χ4v) is 4.25. The van der Waals surface area contributed by atoms with Crippen LogP contribution in [-0.4, -0.2) is 26.4 Å². The summed E-state index contributed by atoms with van der Waals surface area (Å²) in [5.74, 6) is 0.659. The highest BCUT2D eigenvalue weighted by atomic mass is 32.1. The highest BCUT2D eigenvalue weighted by Crippen LogP contribution is 2.23. The van der Waals surface area contributed by atoms with E-state index >= 15 is 0 Å². The molecule has 0 bridgehead atoms. The fourth-order valence-electron chi connectivity index (χ4n) is 3.27. The monoisotopic (exact) mass is 352 g/mol. The first-order chi connectivity index (χ1) is 12.1. The van der Waals surface area contributed by atoms with E-state index in [1.54, 1.807) is 11.3 Å². The van der Waals surface area contributed by atoms with E-state index in [1.807, 2.05) is 37.3 Å². The number of benzene rings is 1. The topological polar surface area (TPSA) is 61.9 Å². The first kappa shape index (κ1) is 16.2. The number of rotatable bonds is 3. The van der Waals surface area contributed by atoms with Gasteiger partial charge in [-0.1, -0.05) is 30.3 Å². The third-order valence-corrected chi connectivity index (χ3v) is 5.62. The van der Waals surface area contributed by atoms with Gasteiger partial charge >= 0.3 is 0 Å². The van der Waals surface area contributed by atoms with Crippen molar-refractivity contribution in [3.05, 3.63) is 67.5 Å². The fraction of sp³-hybridized carbons (Fsp3) is 0.316.